The molecule has 0 N–H and O–H groups in total. The molecule has 8 heteroatoms. The van der Waals surface area contributed by atoms with Gasteiger partial charge in [0, 0.05) is 43.8 Å². The molecular weight excluding hydrogens is 361 g/mol. The van der Waals surface area contributed by atoms with Gasteiger partial charge in [0.05, 0.1) is 0 Å². The molecule has 2 aromatic heterocycles. The minimum absolute atomic E-state index is 0.00821. The molecule has 0 saturated carbocycles. The summed E-state index contributed by atoms with van der Waals surface area (Å²) in [5.74, 6) is -0.0934. The second kappa shape index (κ2) is 8.16. The number of amides is 1. The normalized spacial score (nSPS) is 16.8. The van der Waals surface area contributed by atoms with Crippen molar-refractivity contribution in [2.24, 2.45) is 0 Å². The highest BCUT2D eigenvalue weighted by Crippen LogP contribution is 2.33. The lowest BCUT2D eigenvalue weighted by Crippen LogP contribution is -2.41. The molecule has 28 heavy (non-hydrogen) atoms. The first kappa shape index (κ1) is 18.1. The number of para-hydroxylation sites is 1. The smallest absolute Gasteiger partial charge is 0.244 e. The minimum atomic E-state index is -0.459. The zero-order valence-electron chi connectivity index (χ0n) is 15.2. The van der Waals surface area contributed by atoms with Gasteiger partial charge in [0.15, 0.2) is 11.6 Å². The maximum Gasteiger partial charge on any atom is 0.244 e. The van der Waals surface area contributed by atoms with Crippen LogP contribution in [-0.2, 0) is 11.3 Å². The molecule has 0 bridgehead atoms. The molecule has 0 radical (unpaired) electrons. The van der Waals surface area contributed by atoms with Crippen LogP contribution in [0.1, 0.15) is 24.5 Å². The lowest BCUT2D eigenvalue weighted by Gasteiger charge is -2.32. The van der Waals surface area contributed by atoms with Crippen molar-refractivity contribution in [3.05, 3.63) is 66.6 Å². The largest absolute Gasteiger partial charge is 0.434 e. The topological polar surface area (TPSA) is 73.1 Å². The molecule has 4 rings (SSSR count). The molecular formula is C20H20FN5O2. The zero-order chi connectivity index (χ0) is 19.3. The van der Waals surface area contributed by atoms with Gasteiger partial charge in [-0.25, -0.2) is 9.37 Å². The average molecular weight is 381 g/mol. The molecule has 1 atom stereocenters. The maximum atomic E-state index is 14.0. The number of piperidine rings is 1. The van der Waals surface area contributed by atoms with Gasteiger partial charge in [-0.1, -0.05) is 12.1 Å². The van der Waals surface area contributed by atoms with Crippen molar-refractivity contribution in [1.29, 1.82) is 0 Å². The quantitative estimate of drug-likeness (QED) is 0.679. The summed E-state index contributed by atoms with van der Waals surface area (Å²) < 4.78 is 21.3. The van der Waals surface area contributed by atoms with Crippen molar-refractivity contribution in [3.8, 4) is 11.6 Å². The monoisotopic (exact) mass is 381 g/mol. The number of benzene rings is 1. The van der Waals surface area contributed by atoms with Crippen LogP contribution in [-0.4, -0.2) is 43.6 Å². The zero-order valence-corrected chi connectivity index (χ0v) is 15.2. The molecule has 0 unspecified atom stereocenters. The summed E-state index contributed by atoms with van der Waals surface area (Å²) in [6, 6.07) is 7.98. The van der Waals surface area contributed by atoms with E-state index in [1.807, 2.05) is 4.90 Å². The van der Waals surface area contributed by atoms with Crippen LogP contribution in [0.15, 0.2) is 55.1 Å². The van der Waals surface area contributed by atoms with Gasteiger partial charge in [-0.15, -0.1) is 0 Å². The first-order valence-electron chi connectivity index (χ1n) is 9.19. The van der Waals surface area contributed by atoms with Crippen molar-refractivity contribution in [2.45, 2.75) is 25.3 Å². The third-order valence-electron chi connectivity index (χ3n) is 4.75. The average Bonchev–Trinajstić information content (AvgIpc) is 3.23. The number of nitrogens with zero attached hydrogens (tertiary/aromatic N) is 5. The van der Waals surface area contributed by atoms with Crippen LogP contribution in [0, 0.1) is 5.82 Å². The van der Waals surface area contributed by atoms with E-state index in [4.69, 9.17) is 4.74 Å². The lowest BCUT2D eigenvalue weighted by atomic mass is 9.94. The summed E-state index contributed by atoms with van der Waals surface area (Å²) in [6.07, 6.45) is 8.24. The van der Waals surface area contributed by atoms with Crippen molar-refractivity contribution >= 4 is 5.91 Å². The van der Waals surface area contributed by atoms with Crippen molar-refractivity contribution in [1.82, 2.24) is 24.6 Å². The van der Waals surface area contributed by atoms with E-state index in [1.54, 1.807) is 47.5 Å². The highest BCUT2D eigenvalue weighted by molar-refractivity contribution is 5.76. The summed E-state index contributed by atoms with van der Waals surface area (Å²) in [7, 11) is 0. The predicted octanol–water partition coefficient (Wildman–Crippen LogP) is 3.01. The number of ether oxygens (including phenoxy) is 1. The van der Waals surface area contributed by atoms with Crippen LogP contribution in [0.2, 0.25) is 0 Å². The Hall–Kier alpha value is -3.29. The van der Waals surface area contributed by atoms with Crippen LogP contribution in [0.25, 0.3) is 0 Å². The second-order valence-electron chi connectivity index (χ2n) is 6.66. The number of carbonyl (C=O) groups is 1. The number of likely N-dealkylation sites (tertiary alicyclic amines) is 1. The summed E-state index contributed by atoms with van der Waals surface area (Å²) >= 11 is 0. The summed E-state index contributed by atoms with van der Waals surface area (Å²) in [6.45, 7) is 1.42. The standard InChI is InChI=1S/C20H20FN5O2/c21-16-6-1-2-7-17(16)28-20-19(22-9-10-23-20)15-5-3-11-25(13-15)18(27)14-26-12-4-8-24-26/h1-2,4,6-10,12,15H,3,5,11,13-14H2/t15-/m0/s1. The highest BCUT2D eigenvalue weighted by atomic mass is 19.1. The minimum Gasteiger partial charge on any atom is -0.434 e. The molecule has 1 aliphatic rings. The van der Waals surface area contributed by atoms with Gasteiger partial charge in [0.2, 0.25) is 11.8 Å². The van der Waals surface area contributed by atoms with Crippen LogP contribution >= 0.6 is 0 Å². The molecule has 0 aliphatic carbocycles. The molecule has 1 fully saturated rings. The molecule has 1 aromatic carbocycles. The number of aromatic nitrogens is 4. The Kier molecular flexibility index (Phi) is 5.27. The van der Waals surface area contributed by atoms with E-state index in [0.29, 0.717) is 18.8 Å². The van der Waals surface area contributed by atoms with E-state index in [-0.39, 0.29) is 30.0 Å². The third kappa shape index (κ3) is 4.00. The van der Waals surface area contributed by atoms with E-state index in [9.17, 15) is 9.18 Å². The molecule has 3 aromatic rings. The Labute approximate surface area is 161 Å². The molecule has 1 amide bonds. The van der Waals surface area contributed by atoms with E-state index in [1.165, 1.54) is 12.3 Å². The number of carbonyl (C=O) groups excluding carboxylic acids is 1. The number of halogens is 1. The number of hydrogen-bond acceptors (Lipinski definition) is 5. The summed E-state index contributed by atoms with van der Waals surface area (Å²) in [5.41, 5.74) is 0.641. The SMILES string of the molecule is O=C(Cn1cccn1)N1CCC[C@H](c2nccnc2Oc2ccccc2F)C1. The van der Waals surface area contributed by atoms with Gasteiger partial charge < -0.3 is 9.64 Å². The molecule has 7 nitrogen and oxygen atoms in total. The third-order valence-corrected chi connectivity index (χ3v) is 4.75. The maximum absolute atomic E-state index is 14.0. The van der Waals surface area contributed by atoms with Crippen molar-refractivity contribution in [2.75, 3.05) is 13.1 Å². The van der Waals surface area contributed by atoms with Gasteiger partial charge in [-0.2, -0.15) is 5.10 Å². The highest BCUT2D eigenvalue weighted by Gasteiger charge is 2.28. The summed E-state index contributed by atoms with van der Waals surface area (Å²) in [5, 5.41) is 4.09. The van der Waals surface area contributed by atoms with Gasteiger partial charge in [-0.3, -0.25) is 14.5 Å². The summed E-state index contributed by atoms with van der Waals surface area (Å²) in [4.78, 5) is 23.1. The van der Waals surface area contributed by atoms with Gasteiger partial charge in [-0.05, 0) is 31.0 Å². The van der Waals surface area contributed by atoms with E-state index < -0.39 is 5.82 Å². The predicted molar refractivity (Wildman–Crippen MR) is 99.3 cm³/mol. The molecule has 3 heterocycles. The van der Waals surface area contributed by atoms with E-state index in [2.05, 4.69) is 15.1 Å². The first-order valence-corrected chi connectivity index (χ1v) is 9.19. The second-order valence-corrected chi connectivity index (χ2v) is 6.66. The van der Waals surface area contributed by atoms with Gasteiger partial charge in [0.25, 0.3) is 0 Å². The van der Waals surface area contributed by atoms with Gasteiger partial charge in [0.1, 0.15) is 12.2 Å². The Morgan fingerprint density at radius 1 is 1.18 bits per heavy atom. The lowest BCUT2D eigenvalue weighted by molar-refractivity contribution is -0.133. The van der Waals surface area contributed by atoms with Gasteiger partial charge >= 0.3 is 0 Å². The molecule has 0 spiro atoms. The van der Waals surface area contributed by atoms with Crippen LogP contribution in [0.3, 0.4) is 0 Å². The Bertz CT molecular complexity index is 947. The Morgan fingerprint density at radius 2 is 2.04 bits per heavy atom. The molecule has 1 aliphatic heterocycles. The Morgan fingerprint density at radius 3 is 2.86 bits per heavy atom. The first-order chi connectivity index (χ1) is 13.7. The van der Waals surface area contributed by atoms with Crippen molar-refractivity contribution in [3.63, 3.8) is 0 Å². The number of rotatable bonds is 5. The number of hydrogen-bond donors (Lipinski definition) is 0. The molecule has 144 valence electrons. The van der Waals surface area contributed by atoms with Crippen molar-refractivity contribution < 1.29 is 13.9 Å². The van der Waals surface area contributed by atoms with Crippen LogP contribution in [0.5, 0.6) is 11.6 Å². The fourth-order valence-corrected chi connectivity index (χ4v) is 3.39. The fraction of sp³-hybridized carbons (Fsp3) is 0.300. The molecule has 1 saturated heterocycles. The fourth-order valence-electron chi connectivity index (χ4n) is 3.39. The van der Waals surface area contributed by atoms with Crippen LogP contribution in [0.4, 0.5) is 4.39 Å². The Balaban J connectivity index is 1.51. The van der Waals surface area contributed by atoms with E-state index >= 15 is 0 Å². The van der Waals surface area contributed by atoms with E-state index in [0.717, 1.165) is 12.8 Å². The van der Waals surface area contributed by atoms with Crippen LogP contribution < -0.4 is 4.74 Å².